The first-order valence-corrected chi connectivity index (χ1v) is 8.88. The van der Waals surface area contributed by atoms with E-state index < -0.39 is 0 Å². The monoisotopic (exact) mass is 335 g/mol. The Balaban J connectivity index is 2.18. The molecule has 0 aromatic carbocycles. The highest BCUT2D eigenvalue weighted by atomic mass is 16.1. The quantitative estimate of drug-likeness (QED) is 0.667. The molecule has 3 heterocycles. The molecule has 0 saturated heterocycles. The standard InChI is InChI=1S/C16H24B3N5O/c1-9-3-2-4-11(20)12-7-10(5-6-21-12)14-13(23-15(9)25)8-22-24(14)16(17,18)19/h5-9,11H,2-4,17-20H2,1H3,(H,23,25)/t9-,11+/m1/s1. The Hall–Kier alpha value is -2.02. The van der Waals surface area contributed by atoms with Crippen molar-refractivity contribution in [1.29, 1.82) is 0 Å². The van der Waals surface area contributed by atoms with E-state index in [-0.39, 0.29) is 23.1 Å². The lowest BCUT2D eigenvalue weighted by Gasteiger charge is -2.24. The fraction of sp³-hybridized carbons (Fsp3) is 0.438. The molecule has 2 aromatic heterocycles. The normalized spacial score (nSPS) is 21.6. The van der Waals surface area contributed by atoms with Crippen LogP contribution in [0.15, 0.2) is 24.5 Å². The number of fused-ring (bicyclic) bond motifs is 4. The topological polar surface area (TPSA) is 85.8 Å². The Labute approximate surface area is 151 Å². The summed E-state index contributed by atoms with van der Waals surface area (Å²) >= 11 is 0. The lowest BCUT2D eigenvalue weighted by molar-refractivity contribution is -0.119. The fourth-order valence-corrected chi connectivity index (χ4v) is 3.20. The summed E-state index contributed by atoms with van der Waals surface area (Å²) in [6.07, 6.45) is 6.04. The van der Waals surface area contributed by atoms with E-state index >= 15 is 0 Å². The predicted molar refractivity (Wildman–Crippen MR) is 108 cm³/mol. The largest absolute Gasteiger partial charge is 0.323 e. The van der Waals surface area contributed by atoms with Gasteiger partial charge >= 0.3 is 0 Å². The minimum atomic E-state index is -0.216. The molecule has 9 heteroatoms. The molecule has 0 saturated carbocycles. The number of pyridine rings is 1. The average molecular weight is 335 g/mol. The van der Waals surface area contributed by atoms with Gasteiger partial charge in [-0.1, -0.05) is 13.3 Å². The van der Waals surface area contributed by atoms with Gasteiger partial charge in [-0.3, -0.25) is 14.5 Å². The van der Waals surface area contributed by atoms with Crippen LogP contribution in [0.2, 0.25) is 0 Å². The van der Waals surface area contributed by atoms with Gasteiger partial charge in [-0.2, -0.15) is 5.10 Å². The van der Waals surface area contributed by atoms with Crippen molar-refractivity contribution in [3.8, 4) is 11.3 Å². The molecule has 0 radical (unpaired) electrons. The van der Waals surface area contributed by atoms with Crippen molar-refractivity contribution in [1.82, 2.24) is 14.8 Å². The van der Waals surface area contributed by atoms with Crippen molar-refractivity contribution < 1.29 is 4.79 Å². The number of nitrogens with two attached hydrogens (primary N) is 1. The lowest BCUT2D eigenvalue weighted by atomic mass is 9.49. The third-order valence-electron chi connectivity index (χ3n) is 4.70. The van der Waals surface area contributed by atoms with E-state index in [9.17, 15) is 4.79 Å². The molecule has 2 bridgehead atoms. The zero-order valence-electron chi connectivity index (χ0n) is 15.4. The highest BCUT2D eigenvalue weighted by Gasteiger charge is 2.25. The summed E-state index contributed by atoms with van der Waals surface area (Å²) < 4.78 is 1.95. The van der Waals surface area contributed by atoms with Gasteiger partial charge in [-0.15, -0.1) is 0 Å². The highest BCUT2D eigenvalue weighted by Crippen LogP contribution is 2.32. The van der Waals surface area contributed by atoms with Crippen LogP contribution in [-0.4, -0.2) is 44.2 Å². The van der Waals surface area contributed by atoms with Crippen molar-refractivity contribution in [2.45, 2.75) is 37.5 Å². The van der Waals surface area contributed by atoms with Crippen LogP contribution >= 0.6 is 0 Å². The summed E-state index contributed by atoms with van der Waals surface area (Å²) in [7, 11) is 6.28. The first-order valence-electron chi connectivity index (χ1n) is 8.88. The lowest BCUT2D eigenvalue weighted by Crippen LogP contribution is -2.36. The average Bonchev–Trinajstić information content (AvgIpc) is 2.97. The molecule has 0 aliphatic carbocycles. The van der Waals surface area contributed by atoms with Gasteiger partial charge in [0.1, 0.15) is 23.5 Å². The van der Waals surface area contributed by atoms with Gasteiger partial charge in [0.05, 0.1) is 23.3 Å². The van der Waals surface area contributed by atoms with Gasteiger partial charge in [0.2, 0.25) is 5.91 Å². The van der Waals surface area contributed by atoms with Crippen molar-refractivity contribution in [2.75, 3.05) is 5.32 Å². The van der Waals surface area contributed by atoms with E-state index in [0.717, 1.165) is 41.9 Å². The maximum Gasteiger partial charge on any atom is 0.227 e. The Morgan fingerprint density at radius 1 is 1.36 bits per heavy atom. The van der Waals surface area contributed by atoms with Gasteiger partial charge in [0.15, 0.2) is 0 Å². The molecule has 128 valence electrons. The Morgan fingerprint density at radius 3 is 2.84 bits per heavy atom. The predicted octanol–water partition coefficient (Wildman–Crippen LogP) is -0.829. The summed E-state index contributed by atoms with van der Waals surface area (Å²) in [5.41, 5.74) is 9.81. The fourth-order valence-electron chi connectivity index (χ4n) is 3.20. The molecular formula is C16H24B3N5O. The number of amides is 1. The molecular weight excluding hydrogens is 311 g/mol. The van der Waals surface area contributed by atoms with Crippen molar-refractivity contribution in [3.63, 3.8) is 0 Å². The first-order chi connectivity index (χ1) is 11.8. The van der Waals surface area contributed by atoms with Crippen LogP contribution in [0.5, 0.6) is 0 Å². The zero-order chi connectivity index (χ0) is 18.2. The van der Waals surface area contributed by atoms with Crippen LogP contribution in [0.25, 0.3) is 11.3 Å². The van der Waals surface area contributed by atoms with Crippen LogP contribution in [-0.2, 0) is 10.0 Å². The zero-order valence-corrected chi connectivity index (χ0v) is 15.4. The number of carbonyl (C=O) groups is 1. The van der Waals surface area contributed by atoms with Crippen molar-refractivity contribution in [3.05, 3.63) is 30.2 Å². The Bertz CT molecular complexity index is 786. The van der Waals surface area contributed by atoms with Gasteiger partial charge in [-0.25, -0.2) is 0 Å². The number of hydrogen-bond donors (Lipinski definition) is 2. The number of aromatic nitrogens is 3. The van der Waals surface area contributed by atoms with Crippen LogP contribution < -0.4 is 11.1 Å². The third-order valence-corrected chi connectivity index (χ3v) is 4.70. The number of nitrogens with one attached hydrogen (secondary N) is 1. The molecule has 0 spiro atoms. The summed E-state index contributed by atoms with van der Waals surface area (Å²) in [6, 6.07) is 3.84. The minimum Gasteiger partial charge on any atom is -0.323 e. The molecule has 3 N–H and O–H groups in total. The third kappa shape index (κ3) is 3.66. The molecule has 0 fully saturated rings. The molecule has 1 aliphatic rings. The van der Waals surface area contributed by atoms with Gasteiger partial charge < -0.3 is 11.1 Å². The maximum atomic E-state index is 12.6. The highest BCUT2D eigenvalue weighted by molar-refractivity contribution is 6.56. The molecule has 6 nitrogen and oxygen atoms in total. The van der Waals surface area contributed by atoms with Crippen LogP contribution in [0.1, 0.15) is 37.9 Å². The first kappa shape index (κ1) is 17.8. The smallest absolute Gasteiger partial charge is 0.227 e. The van der Waals surface area contributed by atoms with E-state index in [0.29, 0.717) is 0 Å². The second-order valence-corrected chi connectivity index (χ2v) is 7.89. The summed E-state index contributed by atoms with van der Waals surface area (Å²) in [6.45, 7) is 1.96. The minimum absolute atomic E-state index is 0.0260. The van der Waals surface area contributed by atoms with Crippen LogP contribution in [0.3, 0.4) is 0 Å². The Morgan fingerprint density at radius 2 is 2.12 bits per heavy atom. The van der Waals surface area contributed by atoms with E-state index in [1.54, 1.807) is 12.4 Å². The number of nitrogens with zero attached hydrogens (tertiary/aromatic N) is 3. The van der Waals surface area contributed by atoms with Gasteiger partial charge in [-0.05, 0) is 30.2 Å². The van der Waals surface area contributed by atoms with E-state index in [1.165, 1.54) is 0 Å². The molecule has 2 atom stereocenters. The summed E-state index contributed by atoms with van der Waals surface area (Å²) in [5.74, 6) is -0.0399. The Kier molecular flexibility index (Phi) is 4.78. The van der Waals surface area contributed by atoms with E-state index in [1.807, 2.05) is 23.7 Å². The number of anilines is 1. The number of rotatable bonds is 1. The molecule has 2 aromatic rings. The van der Waals surface area contributed by atoms with Crippen LogP contribution in [0.4, 0.5) is 5.69 Å². The van der Waals surface area contributed by atoms with E-state index in [2.05, 4.69) is 38.9 Å². The maximum absolute atomic E-state index is 12.6. The summed E-state index contributed by atoms with van der Waals surface area (Å²) in [4.78, 5) is 17.0. The summed E-state index contributed by atoms with van der Waals surface area (Å²) in [5, 5.41) is 7.39. The molecule has 25 heavy (non-hydrogen) atoms. The SMILES string of the molecule is BC(B)(B)n1ncc2c1-c1ccnc(c1)[C@@H](N)CCC[C@@H](C)C(=O)N2. The van der Waals surface area contributed by atoms with Gasteiger partial charge in [0.25, 0.3) is 0 Å². The molecule has 0 unspecified atom stereocenters. The van der Waals surface area contributed by atoms with Crippen molar-refractivity contribution >= 4 is 35.1 Å². The molecule has 1 aliphatic heterocycles. The second kappa shape index (κ2) is 6.71. The number of carbonyl (C=O) groups excluding carboxylic acids is 1. The molecule has 3 rings (SSSR count). The van der Waals surface area contributed by atoms with Crippen molar-refractivity contribution in [2.24, 2.45) is 11.7 Å². The second-order valence-electron chi connectivity index (χ2n) is 7.89. The number of hydrogen-bond acceptors (Lipinski definition) is 4. The van der Waals surface area contributed by atoms with E-state index in [4.69, 9.17) is 5.73 Å². The van der Waals surface area contributed by atoms with Crippen LogP contribution in [0, 0.1) is 5.92 Å². The van der Waals surface area contributed by atoms with Gasteiger partial charge in [0, 0.05) is 23.7 Å². The molecule has 1 amide bonds.